The van der Waals surface area contributed by atoms with Crippen LogP contribution < -0.4 is 10.2 Å². The van der Waals surface area contributed by atoms with Crippen LogP contribution in [-0.2, 0) is 20.9 Å². The summed E-state index contributed by atoms with van der Waals surface area (Å²) in [5, 5.41) is 2.86. The Bertz CT molecular complexity index is 640. The Morgan fingerprint density at radius 2 is 1.89 bits per heavy atom. The zero-order valence-corrected chi connectivity index (χ0v) is 17.1. The molecule has 1 N–H and O–H groups in total. The summed E-state index contributed by atoms with van der Waals surface area (Å²) in [5.74, 6) is 0.00949. The van der Waals surface area contributed by atoms with Crippen molar-refractivity contribution in [3.63, 3.8) is 0 Å². The fraction of sp³-hybridized carbons (Fsp3) is 0.619. The fourth-order valence-corrected chi connectivity index (χ4v) is 3.75. The lowest BCUT2D eigenvalue weighted by Crippen LogP contribution is -2.40. The first-order chi connectivity index (χ1) is 13.0. The van der Waals surface area contributed by atoms with Crippen molar-refractivity contribution < 1.29 is 14.3 Å². The van der Waals surface area contributed by atoms with Crippen molar-refractivity contribution in [1.82, 2.24) is 4.90 Å². The van der Waals surface area contributed by atoms with E-state index in [-0.39, 0.29) is 18.4 Å². The van der Waals surface area contributed by atoms with Crippen LogP contribution >= 0.6 is 0 Å². The molecular formula is C21H33N3O3. The van der Waals surface area contributed by atoms with Crippen LogP contribution in [0, 0.1) is 0 Å². The lowest BCUT2D eigenvalue weighted by atomic mass is 9.93. The first-order valence-corrected chi connectivity index (χ1v) is 9.84. The van der Waals surface area contributed by atoms with Gasteiger partial charge in [0.1, 0.15) is 6.61 Å². The van der Waals surface area contributed by atoms with Gasteiger partial charge in [0, 0.05) is 51.6 Å². The Hall–Kier alpha value is -2.08. The van der Waals surface area contributed by atoms with Crippen molar-refractivity contribution in [3.8, 4) is 0 Å². The Morgan fingerprint density at radius 1 is 1.19 bits per heavy atom. The minimum absolute atomic E-state index is 0.0211. The maximum Gasteiger partial charge on any atom is 0.250 e. The number of carbonyl (C=O) groups excluding carboxylic acids is 2. The van der Waals surface area contributed by atoms with Crippen LogP contribution in [0.4, 0.5) is 11.4 Å². The standard InChI is InChI=1S/C21H33N3O3/c1-5-21(26)24(18-9-7-6-8-10-18)14-16-13-17(22-20(25)15-27-4)11-12-19(16)23(2)3/h11-13,18H,5-10,14-15H2,1-4H3,(H,22,25). The number of carbonyl (C=O) groups is 2. The topological polar surface area (TPSA) is 61.9 Å². The molecule has 1 aromatic carbocycles. The van der Waals surface area contributed by atoms with E-state index >= 15 is 0 Å². The molecule has 2 amide bonds. The predicted molar refractivity (Wildman–Crippen MR) is 109 cm³/mol. The van der Waals surface area contributed by atoms with E-state index < -0.39 is 0 Å². The van der Waals surface area contributed by atoms with Crippen molar-refractivity contribution >= 4 is 23.2 Å². The maximum absolute atomic E-state index is 12.7. The first-order valence-electron chi connectivity index (χ1n) is 9.84. The van der Waals surface area contributed by atoms with Gasteiger partial charge < -0.3 is 19.9 Å². The third-order valence-corrected chi connectivity index (χ3v) is 5.10. The van der Waals surface area contributed by atoms with Crippen LogP contribution in [0.1, 0.15) is 51.0 Å². The van der Waals surface area contributed by atoms with Crippen LogP contribution in [-0.4, -0.2) is 50.6 Å². The molecule has 0 atom stereocenters. The van der Waals surface area contributed by atoms with E-state index in [0.29, 0.717) is 19.0 Å². The van der Waals surface area contributed by atoms with Gasteiger partial charge in [-0.3, -0.25) is 9.59 Å². The van der Waals surface area contributed by atoms with Crippen LogP contribution in [0.15, 0.2) is 18.2 Å². The number of ether oxygens (including phenoxy) is 1. The summed E-state index contributed by atoms with van der Waals surface area (Å²) in [5.41, 5.74) is 2.83. The van der Waals surface area contributed by atoms with E-state index in [1.54, 1.807) is 0 Å². The van der Waals surface area contributed by atoms with Gasteiger partial charge >= 0.3 is 0 Å². The third-order valence-electron chi connectivity index (χ3n) is 5.10. The fourth-order valence-electron chi connectivity index (χ4n) is 3.75. The number of hydrogen-bond donors (Lipinski definition) is 1. The zero-order chi connectivity index (χ0) is 19.8. The molecule has 0 unspecified atom stereocenters. The lowest BCUT2D eigenvalue weighted by molar-refractivity contribution is -0.134. The van der Waals surface area contributed by atoms with E-state index in [2.05, 4.69) is 5.32 Å². The van der Waals surface area contributed by atoms with Gasteiger partial charge in [0.05, 0.1) is 0 Å². The second kappa shape index (κ2) is 10.3. The summed E-state index contributed by atoms with van der Waals surface area (Å²) < 4.78 is 4.88. The van der Waals surface area contributed by atoms with Gasteiger partial charge in [-0.2, -0.15) is 0 Å². The van der Waals surface area contributed by atoms with Crippen LogP contribution in [0.5, 0.6) is 0 Å². The van der Waals surface area contributed by atoms with Crippen LogP contribution in [0.25, 0.3) is 0 Å². The summed E-state index contributed by atoms with van der Waals surface area (Å²) in [4.78, 5) is 28.6. The summed E-state index contributed by atoms with van der Waals surface area (Å²) in [6.45, 7) is 2.51. The monoisotopic (exact) mass is 375 g/mol. The Balaban J connectivity index is 2.28. The first kappa shape index (κ1) is 21.2. The number of methoxy groups -OCH3 is 1. The molecule has 0 spiro atoms. The SMILES string of the molecule is CCC(=O)N(Cc1cc(NC(=O)COC)ccc1N(C)C)C1CCCCC1. The van der Waals surface area contributed by atoms with E-state index in [4.69, 9.17) is 4.74 Å². The lowest BCUT2D eigenvalue weighted by Gasteiger charge is -2.35. The highest BCUT2D eigenvalue weighted by atomic mass is 16.5. The predicted octanol–water partition coefficient (Wildman–Crippen LogP) is 3.41. The number of amides is 2. The molecule has 1 fully saturated rings. The quantitative estimate of drug-likeness (QED) is 0.756. The highest BCUT2D eigenvalue weighted by Gasteiger charge is 2.25. The van der Waals surface area contributed by atoms with Gasteiger partial charge in [-0.05, 0) is 36.6 Å². The summed E-state index contributed by atoms with van der Waals surface area (Å²) in [6, 6.07) is 6.17. The normalized spacial score (nSPS) is 14.7. The average molecular weight is 376 g/mol. The van der Waals surface area contributed by atoms with E-state index in [1.165, 1.54) is 26.4 Å². The number of nitrogens with zero attached hydrogens (tertiary/aromatic N) is 2. The summed E-state index contributed by atoms with van der Waals surface area (Å²) >= 11 is 0. The Labute approximate surface area is 162 Å². The number of rotatable bonds is 8. The molecule has 2 rings (SSSR count). The molecule has 0 aliphatic heterocycles. The highest BCUT2D eigenvalue weighted by molar-refractivity contribution is 5.92. The molecule has 1 aromatic rings. The van der Waals surface area contributed by atoms with E-state index in [9.17, 15) is 9.59 Å². The number of benzene rings is 1. The van der Waals surface area contributed by atoms with Gasteiger partial charge in [-0.25, -0.2) is 0 Å². The number of anilines is 2. The maximum atomic E-state index is 12.7. The Kier molecular flexibility index (Phi) is 8.10. The van der Waals surface area contributed by atoms with Crippen molar-refractivity contribution in [2.45, 2.75) is 58.0 Å². The van der Waals surface area contributed by atoms with Gasteiger partial charge in [0.15, 0.2) is 0 Å². The zero-order valence-electron chi connectivity index (χ0n) is 17.1. The van der Waals surface area contributed by atoms with Crippen molar-refractivity contribution in [1.29, 1.82) is 0 Å². The molecule has 6 nitrogen and oxygen atoms in total. The second-order valence-corrected chi connectivity index (χ2v) is 7.39. The molecule has 0 radical (unpaired) electrons. The van der Waals surface area contributed by atoms with Gasteiger partial charge in [-0.1, -0.05) is 26.2 Å². The molecule has 0 aromatic heterocycles. The largest absolute Gasteiger partial charge is 0.377 e. The number of hydrogen-bond acceptors (Lipinski definition) is 4. The molecule has 27 heavy (non-hydrogen) atoms. The average Bonchev–Trinajstić information content (AvgIpc) is 2.66. The molecule has 0 heterocycles. The molecule has 0 bridgehead atoms. The molecular weight excluding hydrogens is 342 g/mol. The highest BCUT2D eigenvalue weighted by Crippen LogP contribution is 2.29. The van der Waals surface area contributed by atoms with Crippen molar-refractivity contribution in [2.24, 2.45) is 0 Å². The van der Waals surface area contributed by atoms with Gasteiger partial charge in [-0.15, -0.1) is 0 Å². The Morgan fingerprint density at radius 3 is 2.48 bits per heavy atom. The molecule has 1 saturated carbocycles. The summed E-state index contributed by atoms with van der Waals surface area (Å²) in [7, 11) is 5.49. The van der Waals surface area contributed by atoms with Crippen molar-refractivity contribution in [3.05, 3.63) is 23.8 Å². The smallest absolute Gasteiger partial charge is 0.250 e. The van der Waals surface area contributed by atoms with Crippen LogP contribution in [0.3, 0.4) is 0 Å². The van der Waals surface area contributed by atoms with Crippen molar-refractivity contribution in [2.75, 3.05) is 38.0 Å². The molecule has 1 aliphatic carbocycles. The second-order valence-electron chi connectivity index (χ2n) is 7.39. The molecule has 0 saturated heterocycles. The third kappa shape index (κ3) is 5.96. The van der Waals surface area contributed by atoms with Gasteiger partial charge in [0.25, 0.3) is 0 Å². The molecule has 150 valence electrons. The minimum Gasteiger partial charge on any atom is -0.377 e. The minimum atomic E-state index is -0.185. The van der Waals surface area contributed by atoms with Gasteiger partial charge in [0.2, 0.25) is 11.8 Å². The number of nitrogens with one attached hydrogen (secondary N) is 1. The molecule has 1 aliphatic rings. The van der Waals surface area contributed by atoms with E-state index in [0.717, 1.165) is 29.8 Å². The van der Waals surface area contributed by atoms with Crippen LogP contribution in [0.2, 0.25) is 0 Å². The molecule has 6 heteroatoms. The summed E-state index contributed by atoms with van der Waals surface area (Å²) in [6.07, 6.45) is 6.30. The van der Waals surface area contributed by atoms with E-state index in [1.807, 2.05) is 49.0 Å².